The van der Waals surface area contributed by atoms with Gasteiger partial charge in [0, 0.05) is 32.1 Å². The number of nitrogens with one attached hydrogen (secondary N) is 1. The van der Waals surface area contributed by atoms with E-state index in [9.17, 15) is 14.9 Å². The minimum Gasteiger partial charge on any atom is -0.340 e. The van der Waals surface area contributed by atoms with Gasteiger partial charge in [0.2, 0.25) is 11.8 Å². The SMILES string of the molecule is CC(C)C(=O)N1CCN(CC(=O)NC2(C#N)CCCC2)CC1. The molecule has 1 N–H and O–H groups in total. The van der Waals surface area contributed by atoms with Gasteiger partial charge < -0.3 is 10.2 Å². The Labute approximate surface area is 132 Å². The molecule has 0 unspecified atom stereocenters. The second kappa shape index (κ2) is 7.10. The first-order chi connectivity index (χ1) is 10.5. The molecule has 2 amide bonds. The molecule has 0 spiro atoms. The van der Waals surface area contributed by atoms with Crippen molar-refractivity contribution in [2.75, 3.05) is 32.7 Å². The molecule has 2 rings (SSSR count). The van der Waals surface area contributed by atoms with Gasteiger partial charge in [-0.05, 0) is 25.7 Å². The van der Waals surface area contributed by atoms with Gasteiger partial charge in [0.25, 0.3) is 0 Å². The highest BCUT2D eigenvalue weighted by molar-refractivity contribution is 5.80. The average molecular weight is 306 g/mol. The van der Waals surface area contributed by atoms with Crippen LogP contribution in [0, 0.1) is 17.2 Å². The van der Waals surface area contributed by atoms with Crippen LogP contribution in [0.5, 0.6) is 0 Å². The lowest BCUT2D eigenvalue weighted by molar-refractivity contribution is -0.136. The Kier molecular flexibility index (Phi) is 5.41. The lowest BCUT2D eigenvalue weighted by atomic mass is 10.00. The van der Waals surface area contributed by atoms with Crippen LogP contribution in [0.2, 0.25) is 0 Å². The first-order valence-corrected chi connectivity index (χ1v) is 8.19. The maximum atomic E-state index is 12.2. The number of piperazine rings is 1. The monoisotopic (exact) mass is 306 g/mol. The van der Waals surface area contributed by atoms with E-state index in [-0.39, 0.29) is 17.7 Å². The molecule has 6 nitrogen and oxygen atoms in total. The molecule has 0 aromatic rings. The maximum absolute atomic E-state index is 12.2. The Morgan fingerprint density at radius 3 is 2.27 bits per heavy atom. The number of carbonyl (C=O) groups excluding carboxylic acids is 2. The zero-order chi connectivity index (χ0) is 16.2. The molecular formula is C16H26N4O2. The van der Waals surface area contributed by atoms with Gasteiger partial charge in [0.1, 0.15) is 5.54 Å². The molecule has 1 saturated heterocycles. The molecule has 1 aliphatic carbocycles. The molecule has 0 atom stereocenters. The van der Waals surface area contributed by atoms with Gasteiger partial charge in [0.15, 0.2) is 0 Å². The number of hydrogen-bond acceptors (Lipinski definition) is 4. The number of nitrogens with zero attached hydrogens (tertiary/aromatic N) is 3. The van der Waals surface area contributed by atoms with E-state index in [0.29, 0.717) is 32.7 Å². The lowest BCUT2D eigenvalue weighted by Crippen LogP contribution is -2.54. The van der Waals surface area contributed by atoms with Gasteiger partial charge in [-0.15, -0.1) is 0 Å². The molecular weight excluding hydrogens is 280 g/mol. The first-order valence-electron chi connectivity index (χ1n) is 8.19. The van der Waals surface area contributed by atoms with Crippen molar-refractivity contribution in [2.45, 2.75) is 45.1 Å². The van der Waals surface area contributed by atoms with Crippen LogP contribution in [-0.2, 0) is 9.59 Å². The zero-order valence-corrected chi connectivity index (χ0v) is 13.6. The van der Waals surface area contributed by atoms with E-state index < -0.39 is 5.54 Å². The van der Waals surface area contributed by atoms with Crippen molar-refractivity contribution < 1.29 is 9.59 Å². The summed E-state index contributed by atoms with van der Waals surface area (Å²) in [4.78, 5) is 28.0. The lowest BCUT2D eigenvalue weighted by Gasteiger charge is -2.35. The van der Waals surface area contributed by atoms with Crippen molar-refractivity contribution >= 4 is 11.8 Å². The minimum absolute atomic E-state index is 0.0210. The fourth-order valence-corrected chi connectivity index (χ4v) is 3.24. The minimum atomic E-state index is -0.646. The highest BCUT2D eigenvalue weighted by atomic mass is 16.2. The molecule has 2 fully saturated rings. The van der Waals surface area contributed by atoms with Crippen LogP contribution < -0.4 is 5.32 Å². The van der Waals surface area contributed by atoms with Crippen molar-refractivity contribution in [1.82, 2.24) is 15.1 Å². The standard InChI is InChI=1S/C16H26N4O2/c1-13(2)15(22)20-9-7-19(8-10-20)11-14(21)18-16(12-17)5-3-4-6-16/h13H,3-11H2,1-2H3,(H,18,21). The fourth-order valence-electron chi connectivity index (χ4n) is 3.24. The summed E-state index contributed by atoms with van der Waals surface area (Å²) in [6.07, 6.45) is 3.52. The van der Waals surface area contributed by atoms with Crippen LogP contribution in [0.25, 0.3) is 0 Å². The Hall–Kier alpha value is -1.61. The number of rotatable bonds is 4. The molecule has 1 aliphatic heterocycles. The number of hydrogen-bond donors (Lipinski definition) is 1. The van der Waals surface area contributed by atoms with E-state index in [1.54, 1.807) is 0 Å². The molecule has 0 aromatic heterocycles. The van der Waals surface area contributed by atoms with E-state index in [0.717, 1.165) is 25.7 Å². The van der Waals surface area contributed by atoms with E-state index in [1.165, 1.54) is 0 Å². The predicted octanol–water partition coefficient (Wildman–Crippen LogP) is 0.739. The average Bonchev–Trinajstić information content (AvgIpc) is 2.96. The van der Waals surface area contributed by atoms with E-state index in [4.69, 9.17) is 0 Å². The van der Waals surface area contributed by atoms with Gasteiger partial charge in [0.05, 0.1) is 12.6 Å². The summed E-state index contributed by atoms with van der Waals surface area (Å²) in [5, 5.41) is 12.2. The van der Waals surface area contributed by atoms with Gasteiger partial charge in [-0.1, -0.05) is 13.8 Å². The Morgan fingerprint density at radius 2 is 1.77 bits per heavy atom. The summed E-state index contributed by atoms with van der Waals surface area (Å²) in [5.41, 5.74) is -0.646. The largest absolute Gasteiger partial charge is 0.340 e. The summed E-state index contributed by atoms with van der Waals surface area (Å²) in [6, 6.07) is 2.28. The van der Waals surface area contributed by atoms with Crippen molar-refractivity contribution in [3.05, 3.63) is 0 Å². The molecule has 6 heteroatoms. The van der Waals surface area contributed by atoms with Crippen LogP contribution in [0.3, 0.4) is 0 Å². The second-order valence-electron chi connectivity index (χ2n) is 6.71. The van der Waals surface area contributed by atoms with E-state index >= 15 is 0 Å². The van der Waals surface area contributed by atoms with E-state index in [2.05, 4.69) is 16.3 Å². The third-order valence-corrected chi connectivity index (χ3v) is 4.59. The number of amides is 2. The van der Waals surface area contributed by atoms with Crippen LogP contribution in [0.4, 0.5) is 0 Å². The number of nitriles is 1. The van der Waals surface area contributed by atoms with E-state index in [1.807, 2.05) is 18.7 Å². The Morgan fingerprint density at radius 1 is 1.18 bits per heavy atom. The normalized spacial score (nSPS) is 21.6. The summed E-state index contributed by atoms with van der Waals surface area (Å²) in [5.74, 6) is 0.123. The molecule has 122 valence electrons. The first kappa shape index (κ1) is 16.8. The Bertz CT molecular complexity index is 455. The zero-order valence-electron chi connectivity index (χ0n) is 13.6. The highest BCUT2D eigenvalue weighted by Gasteiger charge is 2.35. The summed E-state index contributed by atoms with van der Waals surface area (Å²) < 4.78 is 0. The van der Waals surface area contributed by atoms with Gasteiger partial charge >= 0.3 is 0 Å². The molecule has 1 saturated carbocycles. The molecule has 22 heavy (non-hydrogen) atoms. The third-order valence-electron chi connectivity index (χ3n) is 4.59. The fraction of sp³-hybridized carbons (Fsp3) is 0.812. The smallest absolute Gasteiger partial charge is 0.235 e. The molecule has 2 aliphatic rings. The predicted molar refractivity (Wildman–Crippen MR) is 82.8 cm³/mol. The van der Waals surface area contributed by atoms with Crippen molar-refractivity contribution in [3.63, 3.8) is 0 Å². The van der Waals surface area contributed by atoms with Gasteiger partial charge in [-0.2, -0.15) is 5.26 Å². The third kappa shape index (κ3) is 3.98. The van der Waals surface area contributed by atoms with Crippen LogP contribution in [0.1, 0.15) is 39.5 Å². The quantitative estimate of drug-likeness (QED) is 0.831. The molecule has 0 radical (unpaired) electrons. The van der Waals surface area contributed by atoms with Crippen LogP contribution >= 0.6 is 0 Å². The van der Waals surface area contributed by atoms with Crippen LogP contribution in [-0.4, -0.2) is 59.9 Å². The van der Waals surface area contributed by atoms with Crippen molar-refractivity contribution in [3.8, 4) is 6.07 Å². The Balaban J connectivity index is 1.77. The summed E-state index contributed by atoms with van der Waals surface area (Å²) in [7, 11) is 0. The molecule has 0 bridgehead atoms. The summed E-state index contributed by atoms with van der Waals surface area (Å²) in [6.45, 7) is 6.90. The summed E-state index contributed by atoms with van der Waals surface area (Å²) >= 11 is 0. The molecule has 0 aromatic carbocycles. The number of carbonyl (C=O) groups is 2. The van der Waals surface area contributed by atoms with Crippen LogP contribution in [0.15, 0.2) is 0 Å². The van der Waals surface area contributed by atoms with Gasteiger partial charge in [-0.25, -0.2) is 0 Å². The second-order valence-corrected chi connectivity index (χ2v) is 6.71. The molecule has 1 heterocycles. The van der Waals surface area contributed by atoms with Crippen molar-refractivity contribution in [2.24, 2.45) is 5.92 Å². The van der Waals surface area contributed by atoms with Crippen molar-refractivity contribution in [1.29, 1.82) is 5.26 Å². The topological polar surface area (TPSA) is 76.4 Å². The highest BCUT2D eigenvalue weighted by Crippen LogP contribution is 2.28. The maximum Gasteiger partial charge on any atom is 0.235 e. The van der Waals surface area contributed by atoms with Gasteiger partial charge in [-0.3, -0.25) is 14.5 Å².